The van der Waals surface area contributed by atoms with Crippen molar-refractivity contribution in [1.29, 1.82) is 0 Å². The van der Waals surface area contributed by atoms with Crippen LogP contribution in [0.2, 0.25) is 0 Å². The minimum Gasteiger partial charge on any atom is -0.480 e. The summed E-state index contributed by atoms with van der Waals surface area (Å²) in [6.45, 7) is 12.8. The van der Waals surface area contributed by atoms with Crippen LogP contribution in [0.25, 0.3) is 0 Å². The summed E-state index contributed by atoms with van der Waals surface area (Å²) in [5, 5.41) is 9.76. The molecule has 1 aromatic rings. The zero-order valence-electron chi connectivity index (χ0n) is 24.2. The van der Waals surface area contributed by atoms with E-state index in [1.807, 2.05) is 20.8 Å². The Hall–Kier alpha value is -3.14. The van der Waals surface area contributed by atoms with E-state index >= 15 is 0 Å². The molecule has 0 aliphatic carbocycles. The molecule has 3 N–H and O–H groups in total. The standard InChI is InChI=1S/C29H45NO9/c1-8-11-17(4)27(33)38-22-14-13-21(16-23(22)39-28(34)18(5)12-9-2)24(25(30)26(31)32)19(6)20(7)37-29(35)36-15-10-3/h13-14,16-20,24-25H,8-12,15,30H2,1-7H3,(H,31,32)/t17?,18?,19?,20?,24?,25-/m0/s1. The van der Waals surface area contributed by atoms with Crippen LogP contribution in [0.4, 0.5) is 4.79 Å². The third-order valence-electron chi connectivity index (χ3n) is 6.71. The van der Waals surface area contributed by atoms with Crippen molar-refractivity contribution in [2.24, 2.45) is 23.5 Å². The van der Waals surface area contributed by atoms with Crippen LogP contribution in [0.15, 0.2) is 18.2 Å². The molecule has 0 amide bonds. The van der Waals surface area contributed by atoms with Gasteiger partial charge < -0.3 is 29.8 Å². The number of carbonyl (C=O) groups excluding carboxylic acids is 3. The summed E-state index contributed by atoms with van der Waals surface area (Å²) < 4.78 is 21.6. The molecule has 39 heavy (non-hydrogen) atoms. The van der Waals surface area contributed by atoms with Crippen molar-refractivity contribution in [3.05, 3.63) is 23.8 Å². The molecular weight excluding hydrogens is 506 g/mol. The van der Waals surface area contributed by atoms with E-state index in [0.29, 0.717) is 24.8 Å². The Kier molecular flexibility index (Phi) is 14.5. The van der Waals surface area contributed by atoms with Crippen molar-refractivity contribution < 1.29 is 43.2 Å². The number of carboxylic acid groups (broad SMARTS) is 1. The maximum Gasteiger partial charge on any atom is 0.508 e. The average Bonchev–Trinajstić information content (AvgIpc) is 2.88. The van der Waals surface area contributed by atoms with E-state index < -0.39 is 54.0 Å². The van der Waals surface area contributed by atoms with Gasteiger partial charge in [0.15, 0.2) is 11.5 Å². The molecule has 0 saturated carbocycles. The van der Waals surface area contributed by atoms with Gasteiger partial charge in [0.25, 0.3) is 0 Å². The van der Waals surface area contributed by atoms with Crippen molar-refractivity contribution in [1.82, 2.24) is 0 Å². The van der Waals surface area contributed by atoms with Crippen molar-refractivity contribution in [3.63, 3.8) is 0 Å². The summed E-state index contributed by atoms with van der Waals surface area (Å²) >= 11 is 0. The van der Waals surface area contributed by atoms with Gasteiger partial charge in [-0.2, -0.15) is 0 Å². The molecular formula is C29H45NO9. The fourth-order valence-electron chi connectivity index (χ4n) is 4.18. The zero-order chi connectivity index (χ0) is 29.7. The van der Waals surface area contributed by atoms with Gasteiger partial charge >= 0.3 is 24.1 Å². The van der Waals surface area contributed by atoms with Gasteiger partial charge in [-0.1, -0.05) is 60.5 Å². The first-order valence-corrected chi connectivity index (χ1v) is 13.8. The molecule has 0 aromatic heterocycles. The summed E-state index contributed by atoms with van der Waals surface area (Å²) in [5.41, 5.74) is 6.53. The SMILES string of the molecule is CCCOC(=O)OC(C)C(C)C(c1ccc(OC(=O)C(C)CCC)c(OC(=O)C(C)CCC)c1)[C@H](N)C(=O)O. The van der Waals surface area contributed by atoms with Crippen LogP contribution in [0, 0.1) is 17.8 Å². The van der Waals surface area contributed by atoms with E-state index in [1.165, 1.54) is 12.1 Å². The van der Waals surface area contributed by atoms with Crippen molar-refractivity contribution in [3.8, 4) is 11.5 Å². The smallest absolute Gasteiger partial charge is 0.480 e. The molecule has 10 nitrogen and oxygen atoms in total. The van der Waals surface area contributed by atoms with E-state index in [0.717, 1.165) is 12.8 Å². The van der Waals surface area contributed by atoms with Crippen LogP contribution < -0.4 is 15.2 Å². The molecule has 5 unspecified atom stereocenters. The number of carboxylic acids is 1. The quantitative estimate of drug-likeness (QED) is 0.200. The molecule has 0 radical (unpaired) electrons. The fourth-order valence-corrected chi connectivity index (χ4v) is 4.18. The lowest BCUT2D eigenvalue weighted by molar-refractivity contribution is -0.141. The number of nitrogens with two attached hydrogens (primary N) is 1. The van der Waals surface area contributed by atoms with Gasteiger partial charge in [-0.25, -0.2) is 4.79 Å². The molecule has 0 bridgehead atoms. The lowest BCUT2D eigenvalue weighted by atomic mass is 9.79. The van der Waals surface area contributed by atoms with E-state index in [2.05, 4.69) is 0 Å². The first-order valence-electron chi connectivity index (χ1n) is 13.8. The highest BCUT2D eigenvalue weighted by molar-refractivity contribution is 5.79. The number of hydrogen-bond donors (Lipinski definition) is 2. The van der Waals surface area contributed by atoms with Gasteiger partial charge in [-0.3, -0.25) is 14.4 Å². The minimum absolute atomic E-state index is 0.0109. The molecule has 0 fully saturated rings. The number of benzene rings is 1. The predicted octanol–water partition coefficient (Wildman–Crippen LogP) is 5.45. The van der Waals surface area contributed by atoms with Crippen molar-refractivity contribution in [2.45, 2.75) is 98.6 Å². The minimum atomic E-state index is -1.38. The Morgan fingerprint density at radius 2 is 1.38 bits per heavy atom. The van der Waals surface area contributed by atoms with Gasteiger partial charge in [-0.05, 0) is 43.9 Å². The maximum absolute atomic E-state index is 12.8. The summed E-state index contributed by atoms with van der Waals surface area (Å²) in [6.07, 6.45) is 1.81. The molecule has 0 spiro atoms. The van der Waals surface area contributed by atoms with E-state index in [9.17, 15) is 24.3 Å². The zero-order valence-corrected chi connectivity index (χ0v) is 24.2. The topological polar surface area (TPSA) is 151 Å². The number of rotatable bonds is 16. The lowest BCUT2D eigenvalue weighted by Gasteiger charge is -2.31. The highest BCUT2D eigenvalue weighted by Gasteiger charge is 2.36. The molecule has 1 rings (SSSR count). The predicted molar refractivity (Wildman–Crippen MR) is 146 cm³/mol. The van der Waals surface area contributed by atoms with Crippen molar-refractivity contribution in [2.75, 3.05) is 6.61 Å². The van der Waals surface area contributed by atoms with Gasteiger partial charge in [-0.15, -0.1) is 0 Å². The van der Waals surface area contributed by atoms with Crippen LogP contribution in [0.1, 0.15) is 92.1 Å². The van der Waals surface area contributed by atoms with Crippen LogP contribution in [0.5, 0.6) is 11.5 Å². The van der Waals surface area contributed by atoms with Crippen molar-refractivity contribution >= 4 is 24.1 Å². The fraction of sp³-hybridized carbons (Fsp3) is 0.655. The average molecular weight is 552 g/mol. The number of esters is 2. The molecule has 0 heterocycles. The number of carbonyl (C=O) groups is 4. The second-order valence-corrected chi connectivity index (χ2v) is 10.1. The summed E-state index contributed by atoms with van der Waals surface area (Å²) in [6, 6.07) is 3.13. The van der Waals surface area contributed by atoms with Crippen LogP contribution in [-0.4, -0.2) is 47.9 Å². The Labute approximate surface area is 231 Å². The summed E-state index contributed by atoms with van der Waals surface area (Å²) in [7, 11) is 0. The third-order valence-corrected chi connectivity index (χ3v) is 6.71. The van der Waals surface area contributed by atoms with E-state index in [1.54, 1.807) is 33.8 Å². The Morgan fingerprint density at radius 3 is 1.87 bits per heavy atom. The summed E-state index contributed by atoms with van der Waals surface area (Å²) in [4.78, 5) is 49.4. The Bertz CT molecular complexity index is 964. The lowest BCUT2D eigenvalue weighted by Crippen LogP contribution is -2.42. The van der Waals surface area contributed by atoms with E-state index in [4.69, 9.17) is 24.7 Å². The second-order valence-electron chi connectivity index (χ2n) is 10.1. The van der Waals surface area contributed by atoms with Crippen LogP contribution in [-0.2, 0) is 23.9 Å². The number of aliphatic carboxylic acids is 1. The largest absolute Gasteiger partial charge is 0.508 e. The highest BCUT2D eigenvalue weighted by Crippen LogP contribution is 2.38. The normalized spacial score (nSPS) is 15.7. The molecule has 1 aromatic carbocycles. The number of ether oxygens (including phenoxy) is 4. The first kappa shape index (κ1) is 33.9. The Morgan fingerprint density at radius 1 is 0.846 bits per heavy atom. The molecule has 0 saturated heterocycles. The number of hydrogen-bond acceptors (Lipinski definition) is 9. The Balaban J connectivity index is 3.47. The van der Waals surface area contributed by atoms with Gasteiger partial charge in [0.05, 0.1) is 18.4 Å². The maximum atomic E-state index is 12.8. The van der Waals surface area contributed by atoms with Gasteiger partial charge in [0.2, 0.25) is 0 Å². The first-order chi connectivity index (χ1) is 18.4. The molecule has 0 aliphatic rings. The summed E-state index contributed by atoms with van der Waals surface area (Å²) in [5.74, 6) is -4.40. The highest BCUT2D eigenvalue weighted by atomic mass is 16.7. The van der Waals surface area contributed by atoms with Crippen LogP contribution >= 0.6 is 0 Å². The third kappa shape index (κ3) is 10.5. The monoisotopic (exact) mass is 551 g/mol. The molecule has 10 heteroatoms. The van der Waals surface area contributed by atoms with Gasteiger partial charge in [0.1, 0.15) is 12.1 Å². The molecule has 0 aliphatic heterocycles. The van der Waals surface area contributed by atoms with E-state index in [-0.39, 0.29) is 24.0 Å². The van der Waals surface area contributed by atoms with Gasteiger partial charge in [0, 0.05) is 11.8 Å². The molecule has 6 atom stereocenters. The van der Waals surface area contributed by atoms with Crippen LogP contribution in [0.3, 0.4) is 0 Å². The molecule has 220 valence electrons. The second kappa shape index (κ2) is 16.7.